The highest BCUT2D eigenvalue weighted by Gasteiger charge is 2.50. The second kappa shape index (κ2) is 8.89. The average molecular weight is 399 g/mol. The Hall–Kier alpha value is -2.17. The van der Waals surface area contributed by atoms with Gasteiger partial charge < -0.3 is 0 Å². The van der Waals surface area contributed by atoms with Crippen molar-refractivity contribution in [1.29, 1.82) is 0 Å². The molecule has 2 aromatic carbocycles. The molecule has 0 radical (unpaired) electrons. The second-order valence-corrected chi connectivity index (χ2v) is 7.75. The van der Waals surface area contributed by atoms with Crippen LogP contribution in [0, 0.1) is 5.92 Å². The molecule has 0 saturated carbocycles. The van der Waals surface area contributed by atoms with Crippen LogP contribution in [-0.2, 0) is 21.5 Å². The molecule has 0 unspecified atom stereocenters. The molecule has 148 valence electrons. The molecule has 0 bridgehead atoms. The molecule has 2 aliphatic heterocycles. The number of carbonyl (C=O) groups excluding carboxylic acids is 2. The molecule has 1 atom stereocenters. The number of piperidine rings is 2. The fraction of sp³-hybridized carbons (Fsp3) is 0.391. The summed E-state index contributed by atoms with van der Waals surface area (Å²) in [6.07, 6.45) is 2.99. The first-order valence-corrected chi connectivity index (χ1v) is 9.84. The molecule has 2 heterocycles. The average Bonchev–Trinajstić information content (AvgIpc) is 2.71. The highest BCUT2D eigenvalue weighted by atomic mass is 35.5. The first kappa shape index (κ1) is 20.6. The summed E-state index contributed by atoms with van der Waals surface area (Å²) in [7, 11) is 0. The number of benzene rings is 2. The number of rotatable bonds is 4. The Morgan fingerprint density at radius 1 is 0.929 bits per heavy atom. The molecule has 4 nitrogen and oxygen atoms in total. The largest absolute Gasteiger partial charge is 0.299 e. The predicted octanol–water partition coefficient (Wildman–Crippen LogP) is 3.70. The maximum atomic E-state index is 13.1. The van der Waals surface area contributed by atoms with Gasteiger partial charge in [-0.1, -0.05) is 60.7 Å². The Balaban J connectivity index is 0.00000225. The standard InChI is InChI=1S/C23H26N2O2.ClH/c26-21-11-14-23(22(27)24-21,19-9-5-2-6-10-19)20-12-15-25(16-13-20)17-18-7-3-1-4-8-18;/h1-10,20H,11-17H2,(H,24,26,27);1H/t23-;/m0./s1. The van der Waals surface area contributed by atoms with Gasteiger partial charge in [0.05, 0.1) is 5.41 Å². The number of nitrogens with zero attached hydrogens (tertiary/aromatic N) is 1. The van der Waals surface area contributed by atoms with E-state index in [1.807, 2.05) is 36.4 Å². The van der Waals surface area contributed by atoms with Crippen molar-refractivity contribution in [2.75, 3.05) is 13.1 Å². The Bertz CT molecular complexity index is 804. The van der Waals surface area contributed by atoms with Crippen LogP contribution >= 0.6 is 12.4 Å². The fourth-order valence-electron chi connectivity index (χ4n) is 4.79. The Kier molecular flexibility index (Phi) is 6.53. The number of hydrogen-bond donors (Lipinski definition) is 1. The summed E-state index contributed by atoms with van der Waals surface area (Å²) >= 11 is 0. The number of halogens is 1. The van der Waals surface area contributed by atoms with Crippen LogP contribution in [0.25, 0.3) is 0 Å². The summed E-state index contributed by atoms with van der Waals surface area (Å²) in [6, 6.07) is 20.6. The molecule has 0 aromatic heterocycles. The molecule has 0 spiro atoms. The van der Waals surface area contributed by atoms with Crippen LogP contribution in [0.3, 0.4) is 0 Å². The number of hydrogen-bond acceptors (Lipinski definition) is 3. The van der Waals surface area contributed by atoms with E-state index in [0.29, 0.717) is 12.8 Å². The zero-order valence-electron chi connectivity index (χ0n) is 16.0. The summed E-state index contributed by atoms with van der Waals surface area (Å²) in [4.78, 5) is 27.3. The van der Waals surface area contributed by atoms with Gasteiger partial charge in [0, 0.05) is 13.0 Å². The van der Waals surface area contributed by atoms with E-state index in [1.165, 1.54) is 5.56 Å². The topological polar surface area (TPSA) is 49.4 Å². The van der Waals surface area contributed by atoms with Crippen molar-refractivity contribution in [3.63, 3.8) is 0 Å². The van der Waals surface area contributed by atoms with Crippen molar-refractivity contribution in [2.45, 2.75) is 37.6 Å². The lowest BCUT2D eigenvalue weighted by Crippen LogP contribution is -2.57. The van der Waals surface area contributed by atoms with Crippen molar-refractivity contribution < 1.29 is 9.59 Å². The maximum Gasteiger partial charge on any atom is 0.237 e. The quantitative estimate of drug-likeness (QED) is 0.799. The van der Waals surface area contributed by atoms with E-state index in [2.05, 4.69) is 34.5 Å². The first-order chi connectivity index (χ1) is 13.2. The number of likely N-dealkylation sites (tertiary alicyclic amines) is 1. The van der Waals surface area contributed by atoms with Crippen molar-refractivity contribution in [3.05, 3.63) is 71.8 Å². The van der Waals surface area contributed by atoms with Crippen molar-refractivity contribution in [1.82, 2.24) is 10.2 Å². The SMILES string of the molecule is Cl.O=C1CC[C@](c2ccccc2)(C2CCN(Cc3ccccc3)CC2)C(=O)N1. The van der Waals surface area contributed by atoms with E-state index in [0.717, 1.165) is 38.0 Å². The van der Waals surface area contributed by atoms with Crippen LogP contribution in [0.5, 0.6) is 0 Å². The van der Waals surface area contributed by atoms with E-state index < -0.39 is 5.41 Å². The first-order valence-electron chi connectivity index (χ1n) is 9.84. The summed E-state index contributed by atoms with van der Waals surface area (Å²) in [5.74, 6) is 0.0135. The lowest BCUT2D eigenvalue weighted by molar-refractivity contribution is -0.140. The van der Waals surface area contributed by atoms with Gasteiger partial charge in [0.15, 0.2) is 0 Å². The third kappa shape index (κ3) is 3.98. The van der Waals surface area contributed by atoms with Crippen LogP contribution in [0.15, 0.2) is 60.7 Å². The zero-order valence-corrected chi connectivity index (χ0v) is 16.8. The minimum atomic E-state index is -0.575. The molecular weight excluding hydrogens is 372 g/mol. The van der Waals surface area contributed by atoms with E-state index >= 15 is 0 Å². The van der Waals surface area contributed by atoms with Crippen LogP contribution in [0.4, 0.5) is 0 Å². The van der Waals surface area contributed by atoms with Gasteiger partial charge in [0.1, 0.15) is 0 Å². The number of carbonyl (C=O) groups is 2. The maximum absolute atomic E-state index is 13.1. The van der Waals surface area contributed by atoms with Gasteiger partial charge in [-0.05, 0) is 49.4 Å². The Labute approximate surface area is 172 Å². The minimum absolute atomic E-state index is 0. The molecule has 2 aliphatic rings. The molecule has 2 saturated heterocycles. The van der Waals surface area contributed by atoms with Gasteiger partial charge in [0.2, 0.25) is 11.8 Å². The van der Waals surface area contributed by atoms with Gasteiger partial charge in [0.25, 0.3) is 0 Å². The molecule has 1 N–H and O–H groups in total. The lowest BCUT2D eigenvalue weighted by Gasteiger charge is -2.45. The summed E-state index contributed by atoms with van der Waals surface area (Å²) in [6.45, 7) is 2.92. The monoisotopic (exact) mass is 398 g/mol. The third-order valence-electron chi connectivity index (χ3n) is 6.23. The molecule has 28 heavy (non-hydrogen) atoms. The normalized spacial score (nSPS) is 23.7. The van der Waals surface area contributed by atoms with Gasteiger partial charge >= 0.3 is 0 Å². The lowest BCUT2D eigenvalue weighted by atomic mass is 9.62. The molecule has 4 rings (SSSR count). The number of nitrogens with one attached hydrogen (secondary N) is 1. The van der Waals surface area contributed by atoms with Gasteiger partial charge in [-0.15, -0.1) is 12.4 Å². The molecule has 5 heteroatoms. The van der Waals surface area contributed by atoms with E-state index in [-0.39, 0.29) is 30.1 Å². The zero-order chi connectivity index (χ0) is 18.7. The summed E-state index contributed by atoms with van der Waals surface area (Å²) < 4.78 is 0. The van der Waals surface area contributed by atoms with E-state index in [1.54, 1.807) is 0 Å². The number of imide groups is 1. The van der Waals surface area contributed by atoms with E-state index in [4.69, 9.17) is 0 Å². The molecular formula is C23H27ClN2O2. The predicted molar refractivity (Wildman–Crippen MR) is 112 cm³/mol. The minimum Gasteiger partial charge on any atom is -0.299 e. The van der Waals surface area contributed by atoms with Gasteiger partial charge in [-0.2, -0.15) is 0 Å². The molecule has 2 aromatic rings. The highest BCUT2D eigenvalue weighted by Crippen LogP contribution is 2.44. The van der Waals surface area contributed by atoms with E-state index in [9.17, 15) is 9.59 Å². The Morgan fingerprint density at radius 3 is 2.14 bits per heavy atom. The second-order valence-electron chi connectivity index (χ2n) is 7.75. The smallest absolute Gasteiger partial charge is 0.237 e. The molecule has 2 fully saturated rings. The van der Waals surface area contributed by atoms with Gasteiger partial charge in [-0.25, -0.2) is 0 Å². The fourth-order valence-corrected chi connectivity index (χ4v) is 4.79. The van der Waals surface area contributed by atoms with Crippen LogP contribution < -0.4 is 5.32 Å². The van der Waals surface area contributed by atoms with Crippen molar-refractivity contribution in [2.24, 2.45) is 5.92 Å². The van der Waals surface area contributed by atoms with Crippen molar-refractivity contribution >= 4 is 24.2 Å². The van der Waals surface area contributed by atoms with Crippen LogP contribution in [0.1, 0.15) is 36.8 Å². The van der Waals surface area contributed by atoms with Gasteiger partial charge in [-0.3, -0.25) is 19.8 Å². The number of amides is 2. The Morgan fingerprint density at radius 2 is 1.54 bits per heavy atom. The third-order valence-corrected chi connectivity index (χ3v) is 6.23. The van der Waals surface area contributed by atoms with Crippen LogP contribution in [0.2, 0.25) is 0 Å². The van der Waals surface area contributed by atoms with Crippen LogP contribution in [-0.4, -0.2) is 29.8 Å². The molecule has 2 amide bonds. The summed E-state index contributed by atoms with van der Waals surface area (Å²) in [5.41, 5.74) is 1.81. The highest BCUT2D eigenvalue weighted by molar-refractivity contribution is 6.03. The summed E-state index contributed by atoms with van der Waals surface area (Å²) in [5, 5.41) is 2.63. The molecule has 0 aliphatic carbocycles. The van der Waals surface area contributed by atoms with Crippen molar-refractivity contribution in [3.8, 4) is 0 Å².